The molecule has 0 heterocycles. The lowest BCUT2D eigenvalue weighted by atomic mass is 10.0. The molecule has 1 atom stereocenters. The predicted molar refractivity (Wildman–Crippen MR) is 86.3 cm³/mol. The van der Waals surface area contributed by atoms with Gasteiger partial charge < -0.3 is 20.7 Å². The summed E-state index contributed by atoms with van der Waals surface area (Å²) in [4.78, 5) is 14.1. The van der Waals surface area contributed by atoms with E-state index in [2.05, 4.69) is 24.1 Å². The van der Waals surface area contributed by atoms with Gasteiger partial charge >= 0.3 is 0 Å². The summed E-state index contributed by atoms with van der Waals surface area (Å²) in [6, 6.07) is 7.16. The Hall–Kier alpha value is -1.75. The fourth-order valence-corrected chi connectivity index (χ4v) is 2.17. The van der Waals surface area contributed by atoms with Crippen molar-refractivity contribution >= 4 is 11.6 Å². The van der Waals surface area contributed by atoms with Crippen LogP contribution in [0.25, 0.3) is 0 Å². The maximum atomic E-state index is 12.0. The summed E-state index contributed by atoms with van der Waals surface area (Å²) in [5.41, 5.74) is 6.28. The number of carbonyl (C=O) groups excluding carboxylic acids is 1. The maximum absolute atomic E-state index is 12.0. The zero-order valence-electron chi connectivity index (χ0n) is 13.4. The van der Waals surface area contributed by atoms with E-state index in [9.17, 15) is 4.79 Å². The first-order chi connectivity index (χ1) is 9.86. The van der Waals surface area contributed by atoms with Gasteiger partial charge in [-0.25, -0.2) is 0 Å². The average molecular weight is 293 g/mol. The van der Waals surface area contributed by atoms with Gasteiger partial charge in [0.15, 0.2) is 6.61 Å². The third-order valence-corrected chi connectivity index (χ3v) is 2.96. The molecule has 1 aromatic carbocycles. The van der Waals surface area contributed by atoms with Crippen molar-refractivity contribution in [2.75, 3.05) is 33.0 Å². The highest BCUT2D eigenvalue weighted by Gasteiger charge is 2.15. The van der Waals surface area contributed by atoms with Crippen LogP contribution < -0.4 is 15.8 Å². The van der Waals surface area contributed by atoms with Gasteiger partial charge in [-0.05, 0) is 50.7 Å². The van der Waals surface area contributed by atoms with Crippen molar-refractivity contribution in [3.05, 3.63) is 24.3 Å². The van der Waals surface area contributed by atoms with Crippen molar-refractivity contribution < 1.29 is 9.53 Å². The largest absolute Gasteiger partial charge is 0.484 e. The Morgan fingerprint density at radius 3 is 2.43 bits per heavy atom. The minimum absolute atomic E-state index is 0.0198. The summed E-state index contributed by atoms with van der Waals surface area (Å²) in [5.74, 6) is 1.08. The molecule has 21 heavy (non-hydrogen) atoms. The SMILES string of the molecule is CC(C)CC(CN(C)C)NC(=O)COc1ccc(N)cc1. The van der Waals surface area contributed by atoms with Crippen LogP contribution in [0.15, 0.2) is 24.3 Å². The summed E-state index contributed by atoms with van der Waals surface area (Å²) in [6.45, 7) is 5.15. The molecule has 5 nitrogen and oxygen atoms in total. The number of ether oxygens (including phenoxy) is 1. The van der Waals surface area contributed by atoms with Crippen molar-refractivity contribution in [2.24, 2.45) is 5.92 Å². The molecule has 1 unspecified atom stereocenters. The number of anilines is 1. The van der Waals surface area contributed by atoms with E-state index in [4.69, 9.17) is 10.5 Å². The minimum Gasteiger partial charge on any atom is -0.484 e. The normalized spacial score (nSPS) is 12.5. The Balaban J connectivity index is 2.43. The third kappa shape index (κ3) is 7.56. The van der Waals surface area contributed by atoms with Gasteiger partial charge in [0.05, 0.1) is 0 Å². The summed E-state index contributed by atoms with van der Waals surface area (Å²) < 4.78 is 5.45. The zero-order valence-corrected chi connectivity index (χ0v) is 13.4. The van der Waals surface area contributed by atoms with E-state index in [1.54, 1.807) is 24.3 Å². The van der Waals surface area contributed by atoms with Crippen LogP contribution in [-0.4, -0.2) is 44.1 Å². The lowest BCUT2D eigenvalue weighted by Gasteiger charge is -2.24. The molecule has 0 saturated heterocycles. The van der Waals surface area contributed by atoms with Gasteiger partial charge in [0, 0.05) is 18.3 Å². The molecule has 0 aliphatic carbocycles. The minimum atomic E-state index is -0.0978. The third-order valence-electron chi connectivity index (χ3n) is 2.96. The molecule has 0 aromatic heterocycles. The Morgan fingerprint density at radius 2 is 1.90 bits per heavy atom. The van der Waals surface area contributed by atoms with Crippen molar-refractivity contribution in [1.82, 2.24) is 10.2 Å². The lowest BCUT2D eigenvalue weighted by Crippen LogP contribution is -2.44. The summed E-state index contributed by atoms with van der Waals surface area (Å²) >= 11 is 0. The second kappa shape index (κ2) is 8.52. The Kier molecular flexibility index (Phi) is 7.02. The van der Waals surface area contributed by atoms with Crippen LogP contribution in [0.2, 0.25) is 0 Å². The van der Waals surface area contributed by atoms with Crippen LogP contribution in [0.1, 0.15) is 20.3 Å². The van der Waals surface area contributed by atoms with Crippen molar-refractivity contribution in [2.45, 2.75) is 26.3 Å². The summed E-state index contributed by atoms with van der Waals surface area (Å²) in [5, 5.41) is 3.03. The monoisotopic (exact) mass is 293 g/mol. The number of benzene rings is 1. The van der Waals surface area contributed by atoms with Crippen LogP contribution >= 0.6 is 0 Å². The van der Waals surface area contributed by atoms with Crippen molar-refractivity contribution in [3.8, 4) is 5.75 Å². The number of likely N-dealkylation sites (N-methyl/N-ethyl adjacent to an activating group) is 1. The molecule has 0 bridgehead atoms. The number of carbonyl (C=O) groups is 1. The molecular weight excluding hydrogens is 266 g/mol. The van der Waals surface area contributed by atoms with E-state index in [-0.39, 0.29) is 18.6 Å². The van der Waals surface area contributed by atoms with Gasteiger partial charge in [0.2, 0.25) is 0 Å². The predicted octanol–water partition coefficient (Wildman–Crippen LogP) is 1.74. The van der Waals surface area contributed by atoms with Crippen LogP contribution in [0.4, 0.5) is 5.69 Å². The second-order valence-corrected chi connectivity index (χ2v) is 6.01. The molecule has 0 radical (unpaired) electrons. The molecule has 118 valence electrons. The van der Waals surface area contributed by atoms with Gasteiger partial charge in [-0.3, -0.25) is 4.79 Å². The number of nitrogens with two attached hydrogens (primary N) is 1. The van der Waals surface area contributed by atoms with Gasteiger partial charge in [0.1, 0.15) is 5.75 Å². The van der Waals surface area contributed by atoms with Gasteiger partial charge in [-0.1, -0.05) is 13.8 Å². The molecule has 0 aliphatic rings. The Morgan fingerprint density at radius 1 is 1.29 bits per heavy atom. The number of nitrogen functional groups attached to an aromatic ring is 1. The number of nitrogens with zero attached hydrogens (tertiary/aromatic N) is 1. The lowest BCUT2D eigenvalue weighted by molar-refractivity contribution is -0.124. The smallest absolute Gasteiger partial charge is 0.258 e. The first-order valence-corrected chi connectivity index (χ1v) is 7.29. The number of hydrogen-bond donors (Lipinski definition) is 2. The zero-order chi connectivity index (χ0) is 15.8. The molecule has 0 saturated carbocycles. The van der Waals surface area contributed by atoms with Crippen molar-refractivity contribution in [3.63, 3.8) is 0 Å². The Labute approximate surface area is 127 Å². The number of rotatable bonds is 8. The fourth-order valence-electron chi connectivity index (χ4n) is 2.17. The number of nitrogens with one attached hydrogen (secondary N) is 1. The molecular formula is C16H27N3O2. The maximum Gasteiger partial charge on any atom is 0.258 e. The summed E-state index contributed by atoms with van der Waals surface area (Å²) in [7, 11) is 4.01. The second-order valence-electron chi connectivity index (χ2n) is 6.01. The molecule has 0 fully saturated rings. The highest BCUT2D eigenvalue weighted by Crippen LogP contribution is 2.13. The first kappa shape index (κ1) is 17.3. The van der Waals surface area contributed by atoms with E-state index in [1.807, 2.05) is 14.1 Å². The highest BCUT2D eigenvalue weighted by atomic mass is 16.5. The average Bonchev–Trinajstić information content (AvgIpc) is 2.36. The van der Waals surface area contributed by atoms with Gasteiger partial charge in [-0.15, -0.1) is 0 Å². The summed E-state index contributed by atoms with van der Waals surface area (Å²) in [6.07, 6.45) is 0.950. The van der Waals surface area contributed by atoms with E-state index >= 15 is 0 Å². The number of hydrogen-bond acceptors (Lipinski definition) is 4. The molecule has 1 rings (SSSR count). The molecule has 1 aromatic rings. The topological polar surface area (TPSA) is 67.6 Å². The van der Waals surface area contributed by atoms with Gasteiger partial charge in [0.25, 0.3) is 5.91 Å². The van der Waals surface area contributed by atoms with Crippen LogP contribution in [0.3, 0.4) is 0 Å². The molecule has 1 amide bonds. The fraction of sp³-hybridized carbons (Fsp3) is 0.562. The van der Waals surface area contributed by atoms with Crippen LogP contribution in [0, 0.1) is 5.92 Å². The van der Waals surface area contributed by atoms with E-state index < -0.39 is 0 Å². The molecule has 0 spiro atoms. The highest BCUT2D eigenvalue weighted by molar-refractivity contribution is 5.77. The molecule has 3 N–H and O–H groups in total. The molecule has 0 aliphatic heterocycles. The standard InChI is InChI=1S/C16H27N3O2/c1-12(2)9-14(10-19(3)4)18-16(20)11-21-15-7-5-13(17)6-8-15/h5-8,12,14H,9-11,17H2,1-4H3,(H,18,20). The van der Waals surface area contributed by atoms with E-state index in [0.717, 1.165) is 13.0 Å². The van der Waals surface area contributed by atoms with Crippen LogP contribution in [-0.2, 0) is 4.79 Å². The van der Waals surface area contributed by atoms with Crippen molar-refractivity contribution in [1.29, 1.82) is 0 Å². The van der Waals surface area contributed by atoms with Crippen LogP contribution in [0.5, 0.6) is 5.75 Å². The molecule has 5 heteroatoms. The first-order valence-electron chi connectivity index (χ1n) is 7.29. The Bertz CT molecular complexity index is 420. The number of amides is 1. The quantitative estimate of drug-likeness (QED) is 0.716. The van der Waals surface area contributed by atoms with E-state index in [0.29, 0.717) is 17.4 Å². The van der Waals surface area contributed by atoms with Gasteiger partial charge in [-0.2, -0.15) is 0 Å². The van der Waals surface area contributed by atoms with E-state index in [1.165, 1.54) is 0 Å².